The van der Waals surface area contributed by atoms with Crippen LogP contribution in [0.5, 0.6) is 0 Å². The summed E-state index contributed by atoms with van der Waals surface area (Å²) in [7, 11) is -20.2. The zero-order chi connectivity index (χ0) is 59.4. The molecule has 0 radical (unpaired) electrons. The molecule has 0 aromatic carbocycles. The number of nitrogens with zero attached hydrogens (tertiary/aromatic N) is 4. The molecule has 4 fully saturated rings. The van der Waals surface area contributed by atoms with E-state index >= 15 is 0 Å². The maximum Gasteiger partial charge on any atom is 1.00 e. The number of phosphoric acid groups is 4. The molecule has 4 aromatic heterocycles. The van der Waals surface area contributed by atoms with Crippen molar-refractivity contribution in [2.45, 2.75) is 98.9 Å². The van der Waals surface area contributed by atoms with Crippen LogP contribution in [0.25, 0.3) is 0 Å². The fourth-order valence-corrected chi connectivity index (χ4v) is 13.1. The van der Waals surface area contributed by atoms with Gasteiger partial charge in [0, 0.05) is 75.3 Å². The summed E-state index contributed by atoms with van der Waals surface area (Å²) in [4.78, 5) is 68.2. The van der Waals surface area contributed by atoms with Crippen LogP contribution in [0.4, 0.5) is 0 Å². The number of aromatic nitrogens is 4. The minimum absolute atomic E-state index is 0. The summed E-state index contributed by atoms with van der Waals surface area (Å²) < 4.78 is 139. The Balaban J connectivity index is 0.00000414. The topological polar surface area (TPSA) is 400 Å². The quantitative estimate of drug-likeness (QED) is 0.0240. The Morgan fingerprint density at radius 2 is 0.625 bits per heavy atom. The van der Waals surface area contributed by atoms with Crippen LogP contribution in [-0.2, 0) is 92.3 Å². The van der Waals surface area contributed by atoms with E-state index in [0.29, 0.717) is 22.3 Å². The SMILES string of the molecule is O=P([O-])(OC[C@H]1O[C@@H](c2cccnc2)C[C@@H]1OP(=O)([O-])OCCOCCOCCOCCOCCOP(=O)([O-])O[C@H]1C[C@H](c2cccnc2)O[C@@H]1COP(=O)([O-])O[C@H]1C[C@H](c2cccnc2)O[C@@H]1CO)O[C@H]1C[C@H](c2cccnc2)O[C@@H]1CO.[Na+].[Na+].[Na+].[Na+]. The van der Waals surface area contributed by atoms with E-state index in [1.165, 1.54) is 24.8 Å². The van der Waals surface area contributed by atoms with Gasteiger partial charge in [-0.1, -0.05) is 24.3 Å². The van der Waals surface area contributed by atoms with Gasteiger partial charge in [-0.3, -0.25) is 38.2 Å². The minimum atomic E-state index is -5.08. The van der Waals surface area contributed by atoms with Crippen molar-refractivity contribution in [3.05, 3.63) is 120 Å². The van der Waals surface area contributed by atoms with Gasteiger partial charge in [-0.25, -0.2) is 0 Å². The molecular formula is C50H66N4Na4O26P4. The van der Waals surface area contributed by atoms with Crippen LogP contribution in [-0.4, -0.2) is 171 Å². The van der Waals surface area contributed by atoms with E-state index in [2.05, 4.69) is 19.9 Å². The van der Waals surface area contributed by atoms with Crippen molar-refractivity contribution in [1.82, 2.24) is 19.9 Å². The fraction of sp³-hybridized carbons (Fsp3) is 0.600. The summed E-state index contributed by atoms with van der Waals surface area (Å²) in [6, 6.07) is 13.6. The number of ether oxygens (including phenoxy) is 8. The zero-order valence-electron chi connectivity index (χ0n) is 49.2. The second kappa shape index (κ2) is 41.0. The molecule has 38 heteroatoms. The third-order valence-corrected chi connectivity index (χ3v) is 17.4. The number of aliphatic hydroxyl groups is 2. The van der Waals surface area contributed by atoms with Gasteiger partial charge in [0.25, 0.3) is 31.3 Å². The number of hydrogen-bond acceptors (Lipinski definition) is 30. The molecule has 466 valence electrons. The number of pyridine rings is 4. The van der Waals surface area contributed by atoms with Gasteiger partial charge in [-0.05, 0) is 46.5 Å². The first-order valence-corrected chi connectivity index (χ1v) is 32.6. The number of aliphatic hydroxyl groups excluding tert-OH is 2. The standard InChI is InChI=1S/C50H70N4O26P4.4Na/c55-31-47-43(23-39(73-47)35-5-1-9-51-27-35)77-83(61,62)71-33-49-45(25-41(75-49)37-7-3-11-53-29-37)79-81(57,58)69-21-19-67-17-15-65-13-14-66-16-18-68-20-22-70-82(59,60)80-46-26-42(38-8-4-12-54-30-38)76-50(46)34-72-84(63,64)78-44-24-40(74-48(44)32-56)36-6-2-10-52-28-36;;;;/h1-12,27-30,39-50,55-56H,13-26,31-34H2,(H,57,58)(H,59,60)(H,61,62)(H,63,64);;;;/q;4*+1/p-4/t39-,40-,41-,42-,43+,44+,45+,46+,47-,48-,49-,50-;;;;/m1..../s1. The Bertz CT molecular complexity index is 2600. The Morgan fingerprint density at radius 1 is 0.386 bits per heavy atom. The predicted octanol–water partition coefficient (Wildman–Crippen LogP) is -9.77. The van der Waals surface area contributed by atoms with Crippen LogP contribution in [0.1, 0.15) is 72.4 Å². The largest absolute Gasteiger partial charge is 1.00 e. The van der Waals surface area contributed by atoms with Gasteiger partial charge in [0.1, 0.15) is 24.4 Å². The molecule has 4 aliphatic rings. The van der Waals surface area contributed by atoms with Crippen LogP contribution < -0.4 is 138 Å². The molecule has 8 heterocycles. The Hall–Kier alpha value is 0.640. The van der Waals surface area contributed by atoms with E-state index in [-0.39, 0.29) is 197 Å². The smallest absolute Gasteiger partial charge is 0.756 e. The van der Waals surface area contributed by atoms with Crippen LogP contribution in [0.15, 0.2) is 98.1 Å². The Labute approximate surface area is 597 Å². The van der Waals surface area contributed by atoms with Gasteiger partial charge >= 0.3 is 118 Å². The maximum atomic E-state index is 13.0. The van der Waals surface area contributed by atoms with Crippen LogP contribution in [0.2, 0.25) is 0 Å². The van der Waals surface area contributed by atoms with Gasteiger partial charge in [-0.15, -0.1) is 0 Å². The maximum absolute atomic E-state index is 13.0. The van der Waals surface area contributed by atoms with Crippen molar-refractivity contribution in [3.8, 4) is 0 Å². The summed E-state index contributed by atoms with van der Waals surface area (Å²) in [5.41, 5.74) is 2.50. The second-order valence-electron chi connectivity index (χ2n) is 19.2. The molecule has 0 amide bonds. The summed E-state index contributed by atoms with van der Waals surface area (Å²) in [5, 5.41) is 19.7. The predicted molar refractivity (Wildman–Crippen MR) is 277 cm³/mol. The Kier molecular flexibility index (Phi) is 37.8. The van der Waals surface area contributed by atoms with E-state index in [9.17, 15) is 48.0 Å². The Morgan fingerprint density at radius 3 is 0.875 bits per heavy atom. The molecule has 0 spiro atoms. The minimum Gasteiger partial charge on any atom is -0.756 e. The number of rotatable bonds is 37. The summed E-state index contributed by atoms with van der Waals surface area (Å²) in [6.45, 7) is -2.83. The van der Waals surface area contributed by atoms with Crippen molar-refractivity contribution >= 4 is 31.3 Å². The summed E-state index contributed by atoms with van der Waals surface area (Å²) in [6.07, 6.45) is 0.817. The van der Waals surface area contributed by atoms with Crippen molar-refractivity contribution < 1.29 is 240 Å². The van der Waals surface area contributed by atoms with E-state index in [0.717, 1.165) is 0 Å². The van der Waals surface area contributed by atoms with E-state index < -0.39 is 144 Å². The molecule has 0 bridgehead atoms. The van der Waals surface area contributed by atoms with Gasteiger partial charge in [0.15, 0.2) is 0 Å². The summed E-state index contributed by atoms with van der Waals surface area (Å²) >= 11 is 0. The average Bonchev–Trinajstić information content (AvgIpc) is 4.24. The van der Waals surface area contributed by atoms with Crippen LogP contribution in [0, 0.1) is 0 Å². The number of hydrogen-bond donors (Lipinski definition) is 2. The van der Waals surface area contributed by atoms with Gasteiger partial charge < -0.3 is 104 Å². The first kappa shape index (κ1) is 81.1. The first-order valence-electron chi connectivity index (χ1n) is 26.8. The third-order valence-electron chi connectivity index (χ3n) is 13.3. The third kappa shape index (κ3) is 26.9. The van der Waals surface area contributed by atoms with Crippen LogP contribution >= 0.6 is 31.3 Å². The first-order chi connectivity index (χ1) is 40.5. The van der Waals surface area contributed by atoms with E-state index in [1.54, 1.807) is 73.3 Å². The van der Waals surface area contributed by atoms with Crippen molar-refractivity contribution in [1.29, 1.82) is 0 Å². The van der Waals surface area contributed by atoms with Crippen molar-refractivity contribution in [2.75, 3.05) is 92.5 Å². The van der Waals surface area contributed by atoms with Gasteiger partial charge in [0.2, 0.25) is 0 Å². The molecular weight excluding hydrogens is 1290 g/mol. The van der Waals surface area contributed by atoms with Crippen molar-refractivity contribution in [2.24, 2.45) is 0 Å². The molecule has 2 N–H and O–H groups in total. The molecule has 30 nitrogen and oxygen atoms in total. The molecule has 4 aromatic rings. The van der Waals surface area contributed by atoms with E-state index in [4.69, 9.17) is 74.1 Å². The van der Waals surface area contributed by atoms with Gasteiger partial charge in [0.05, 0.1) is 141 Å². The monoisotopic (exact) mass is 1350 g/mol. The molecule has 8 rings (SSSR count). The molecule has 0 saturated carbocycles. The molecule has 0 aliphatic carbocycles. The fourth-order valence-electron chi connectivity index (χ4n) is 9.34. The van der Waals surface area contributed by atoms with Crippen LogP contribution in [0.3, 0.4) is 0 Å². The second-order valence-corrected chi connectivity index (χ2v) is 24.6. The number of phosphoric ester groups is 4. The van der Waals surface area contributed by atoms with Crippen molar-refractivity contribution in [3.63, 3.8) is 0 Å². The normalized spacial score (nSPS) is 27.8. The molecule has 16 atom stereocenters. The van der Waals surface area contributed by atoms with E-state index in [1.807, 2.05) is 0 Å². The zero-order valence-corrected chi connectivity index (χ0v) is 60.7. The molecule has 4 saturated heterocycles. The summed E-state index contributed by atoms with van der Waals surface area (Å²) in [5.74, 6) is 0. The van der Waals surface area contributed by atoms with Gasteiger partial charge in [-0.2, -0.15) is 0 Å². The molecule has 4 aliphatic heterocycles. The average molecular weight is 1350 g/mol. The molecule has 88 heavy (non-hydrogen) atoms. The molecule has 4 unspecified atom stereocenters.